The van der Waals surface area contributed by atoms with Crippen LogP contribution >= 0.6 is 11.6 Å². The van der Waals surface area contributed by atoms with Crippen LogP contribution in [-0.2, 0) is 28.7 Å². The van der Waals surface area contributed by atoms with E-state index in [2.05, 4.69) is 20.4 Å². The summed E-state index contributed by atoms with van der Waals surface area (Å²) in [6.07, 6.45) is 1.18. The second-order valence-corrected chi connectivity index (χ2v) is 12.4. The molecule has 7 rings (SSSR count). The van der Waals surface area contributed by atoms with Crippen LogP contribution in [0.5, 0.6) is 5.75 Å². The summed E-state index contributed by atoms with van der Waals surface area (Å²) < 4.78 is 49.3. The quantitative estimate of drug-likeness (QED) is 0.255. The van der Waals surface area contributed by atoms with Crippen molar-refractivity contribution in [1.29, 1.82) is 0 Å². The van der Waals surface area contributed by atoms with Crippen LogP contribution in [0.4, 0.5) is 24.5 Å². The molecule has 0 saturated carbocycles. The summed E-state index contributed by atoms with van der Waals surface area (Å²) in [5.41, 5.74) is 0.445. The second-order valence-electron chi connectivity index (χ2n) is 12.0. The molecule has 0 atom stereocenters. The van der Waals surface area contributed by atoms with Gasteiger partial charge in [0.25, 0.3) is 11.5 Å². The van der Waals surface area contributed by atoms with Crippen molar-refractivity contribution in [2.45, 2.75) is 32.5 Å². The molecule has 2 N–H and O–H groups in total. The van der Waals surface area contributed by atoms with Crippen molar-refractivity contribution in [2.75, 3.05) is 49.6 Å². The number of nitrogens with zero attached hydrogens (tertiary/aromatic N) is 8. The molecule has 5 aromatic rings. The van der Waals surface area contributed by atoms with Crippen molar-refractivity contribution in [1.82, 2.24) is 33.4 Å². The predicted octanol–water partition coefficient (Wildman–Crippen LogP) is 3.88. The molecule has 266 valence electrons. The van der Waals surface area contributed by atoms with Crippen LogP contribution < -0.4 is 15.8 Å². The van der Waals surface area contributed by atoms with E-state index in [1.807, 2.05) is 17.9 Å². The van der Waals surface area contributed by atoms with Crippen molar-refractivity contribution >= 4 is 51.7 Å². The number of hydrogen-bond donors (Lipinski definition) is 2. The summed E-state index contributed by atoms with van der Waals surface area (Å²) in [7, 11) is 0. The predicted molar refractivity (Wildman–Crippen MR) is 180 cm³/mol. The zero-order chi connectivity index (χ0) is 36.0. The fourth-order valence-corrected chi connectivity index (χ4v) is 6.59. The molecule has 0 radical (unpaired) electrons. The number of aromatic nitrogens is 6. The molecule has 0 spiro atoms. The molecule has 18 heteroatoms. The molecule has 4 aromatic heterocycles. The number of piperazine rings is 1. The SMILES string of the molecule is CCc1c(N2CCN(C(=O)c3ncn4cccc4c3O)CC2)c(=O)n2nc(C3=CCOCC3)nc2n1CC(=O)Nc1ccc(C(F)(F)F)cc1Cl. The molecule has 14 nitrogen and oxygen atoms in total. The number of benzene rings is 1. The number of rotatable bonds is 7. The number of carbonyl (C=O) groups is 2. The number of hydrogen-bond acceptors (Lipinski definition) is 9. The Bertz CT molecular complexity index is 2270. The number of amides is 2. The van der Waals surface area contributed by atoms with Crippen molar-refractivity contribution in [3.8, 4) is 5.75 Å². The van der Waals surface area contributed by atoms with Gasteiger partial charge < -0.3 is 33.9 Å². The number of carbonyl (C=O) groups excluding carboxylic acids is 2. The Kier molecular flexibility index (Phi) is 8.93. The molecule has 2 aliphatic heterocycles. The Morgan fingerprint density at radius 3 is 2.61 bits per heavy atom. The van der Waals surface area contributed by atoms with Gasteiger partial charge >= 0.3 is 6.18 Å². The maximum absolute atomic E-state index is 14.2. The number of ether oxygens (including phenoxy) is 1. The Morgan fingerprint density at radius 1 is 1.14 bits per heavy atom. The molecule has 0 aliphatic carbocycles. The first-order valence-electron chi connectivity index (χ1n) is 16.1. The van der Waals surface area contributed by atoms with Crippen LogP contribution in [0, 0.1) is 0 Å². The third-order valence-electron chi connectivity index (χ3n) is 8.93. The van der Waals surface area contributed by atoms with Gasteiger partial charge in [-0.3, -0.25) is 14.4 Å². The van der Waals surface area contributed by atoms with Crippen molar-refractivity contribution in [3.63, 3.8) is 0 Å². The highest BCUT2D eigenvalue weighted by Gasteiger charge is 2.32. The van der Waals surface area contributed by atoms with Gasteiger partial charge in [0.1, 0.15) is 18.6 Å². The largest absolute Gasteiger partial charge is 0.504 e. The van der Waals surface area contributed by atoms with E-state index in [0.717, 1.165) is 28.3 Å². The molecule has 0 bridgehead atoms. The zero-order valence-electron chi connectivity index (χ0n) is 27.2. The summed E-state index contributed by atoms with van der Waals surface area (Å²) in [5.74, 6) is -0.900. The minimum Gasteiger partial charge on any atom is -0.504 e. The van der Waals surface area contributed by atoms with Gasteiger partial charge in [-0.1, -0.05) is 24.6 Å². The second kappa shape index (κ2) is 13.4. The fraction of sp³-hybridized carbons (Fsp3) is 0.333. The van der Waals surface area contributed by atoms with Crippen molar-refractivity contribution in [2.24, 2.45) is 0 Å². The number of halogens is 4. The monoisotopic (exact) mass is 725 g/mol. The van der Waals surface area contributed by atoms with E-state index < -0.39 is 29.1 Å². The van der Waals surface area contributed by atoms with Crippen molar-refractivity contribution in [3.05, 3.63) is 87.1 Å². The lowest BCUT2D eigenvalue weighted by molar-refractivity contribution is -0.137. The molecule has 1 saturated heterocycles. The highest BCUT2D eigenvalue weighted by Crippen LogP contribution is 2.34. The van der Waals surface area contributed by atoms with Crippen LogP contribution in [0.1, 0.15) is 40.9 Å². The van der Waals surface area contributed by atoms with Gasteiger partial charge in [0.2, 0.25) is 11.7 Å². The molecular weight excluding hydrogens is 695 g/mol. The first-order valence-corrected chi connectivity index (χ1v) is 16.5. The molecule has 0 unspecified atom stereocenters. The maximum Gasteiger partial charge on any atom is 0.416 e. The summed E-state index contributed by atoms with van der Waals surface area (Å²) in [6, 6.07) is 6.03. The van der Waals surface area contributed by atoms with Gasteiger partial charge in [-0.15, -0.1) is 5.10 Å². The third-order valence-corrected chi connectivity index (χ3v) is 9.24. The van der Waals surface area contributed by atoms with Crippen LogP contribution in [0.3, 0.4) is 0 Å². The minimum absolute atomic E-state index is 0.0167. The van der Waals surface area contributed by atoms with E-state index in [1.165, 1.54) is 6.33 Å². The molecule has 2 aliphatic rings. The molecule has 2 amide bonds. The summed E-state index contributed by atoms with van der Waals surface area (Å²) in [5, 5.41) is 17.6. The van der Waals surface area contributed by atoms with Gasteiger partial charge in [0.15, 0.2) is 17.3 Å². The van der Waals surface area contributed by atoms with E-state index >= 15 is 0 Å². The molecule has 1 fully saturated rings. The highest BCUT2D eigenvalue weighted by molar-refractivity contribution is 6.33. The average molecular weight is 726 g/mol. The van der Waals surface area contributed by atoms with Gasteiger partial charge in [0, 0.05) is 32.4 Å². The van der Waals surface area contributed by atoms with Gasteiger partial charge in [-0.25, -0.2) is 4.98 Å². The topological polar surface area (TPSA) is 152 Å². The molecule has 51 heavy (non-hydrogen) atoms. The average Bonchev–Trinajstić information content (AvgIpc) is 3.79. The van der Waals surface area contributed by atoms with Crippen LogP contribution in [0.2, 0.25) is 5.02 Å². The summed E-state index contributed by atoms with van der Waals surface area (Å²) in [6.45, 7) is 3.14. The van der Waals surface area contributed by atoms with Gasteiger partial charge in [-0.05, 0) is 48.7 Å². The molecular formula is C33H31ClF3N9O5. The van der Waals surface area contributed by atoms with Crippen LogP contribution in [-0.4, -0.2) is 89.8 Å². The normalized spacial score (nSPS) is 15.4. The lowest BCUT2D eigenvalue weighted by atomic mass is 10.1. The van der Waals surface area contributed by atoms with Crippen LogP contribution in [0.25, 0.3) is 16.9 Å². The van der Waals surface area contributed by atoms with Gasteiger partial charge in [-0.2, -0.15) is 22.7 Å². The Hall–Kier alpha value is -5.42. The van der Waals surface area contributed by atoms with Gasteiger partial charge in [0.05, 0.1) is 40.7 Å². The zero-order valence-corrected chi connectivity index (χ0v) is 27.9. The number of fused-ring (bicyclic) bond motifs is 2. The smallest absolute Gasteiger partial charge is 0.416 e. The Balaban J connectivity index is 1.21. The maximum atomic E-state index is 14.2. The number of alkyl halides is 3. The number of nitrogens with one attached hydrogen (secondary N) is 1. The number of aromatic hydroxyl groups is 1. The Morgan fingerprint density at radius 2 is 1.92 bits per heavy atom. The third kappa shape index (κ3) is 6.38. The summed E-state index contributed by atoms with van der Waals surface area (Å²) >= 11 is 6.12. The highest BCUT2D eigenvalue weighted by atomic mass is 35.5. The van der Waals surface area contributed by atoms with E-state index in [-0.39, 0.29) is 66.3 Å². The lowest BCUT2D eigenvalue weighted by Gasteiger charge is -2.36. The van der Waals surface area contributed by atoms with E-state index in [0.29, 0.717) is 43.1 Å². The molecule has 6 heterocycles. The van der Waals surface area contributed by atoms with E-state index in [1.54, 1.807) is 32.2 Å². The Labute approximate surface area is 292 Å². The van der Waals surface area contributed by atoms with Crippen LogP contribution in [0.15, 0.2) is 53.7 Å². The number of anilines is 2. The minimum atomic E-state index is -4.61. The van der Waals surface area contributed by atoms with E-state index in [4.69, 9.17) is 16.3 Å². The fourth-order valence-electron chi connectivity index (χ4n) is 6.36. The first kappa shape index (κ1) is 34.0. The summed E-state index contributed by atoms with van der Waals surface area (Å²) in [4.78, 5) is 53.3. The van der Waals surface area contributed by atoms with E-state index in [9.17, 15) is 32.7 Å². The standard InChI is InChI=1S/C33H31ClF3N9O5/c1-2-23-27(42-10-12-43(13-11-42)30(49)26-28(48)24-4-3-9-44(24)18-38-26)31(50)46-32(40-29(41-46)19-7-14-51-15-8-19)45(23)17-25(47)39-22-6-5-20(16-21(22)34)33(35,36)37/h3-7,9,16,18,48H,2,8,10-15,17H2,1H3,(H,39,47). The lowest BCUT2D eigenvalue weighted by Crippen LogP contribution is -2.51. The van der Waals surface area contributed by atoms with Crippen molar-refractivity contribution < 1.29 is 32.6 Å². The first-order chi connectivity index (χ1) is 24.4. The molecule has 1 aromatic carbocycles.